The SMILES string of the molecule is CN(C)CCCN(C(=O)Cc1cccc2ccccc12)c1nc2ccccc2s1. The number of carbonyl (C=O) groups is 1. The summed E-state index contributed by atoms with van der Waals surface area (Å²) >= 11 is 1.59. The van der Waals surface area contributed by atoms with E-state index in [1.165, 1.54) is 0 Å². The van der Waals surface area contributed by atoms with Gasteiger partial charge in [0.1, 0.15) is 0 Å². The summed E-state index contributed by atoms with van der Waals surface area (Å²) in [6.45, 7) is 1.60. The molecule has 0 aliphatic rings. The Balaban J connectivity index is 1.63. The highest BCUT2D eigenvalue weighted by molar-refractivity contribution is 7.22. The number of amides is 1. The average Bonchev–Trinajstić information content (AvgIpc) is 3.15. The third kappa shape index (κ3) is 4.47. The zero-order valence-electron chi connectivity index (χ0n) is 16.8. The monoisotopic (exact) mass is 403 g/mol. The Hall–Kier alpha value is -2.76. The van der Waals surface area contributed by atoms with Crippen LogP contribution in [0.5, 0.6) is 0 Å². The van der Waals surface area contributed by atoms with Crippen LogP contribution in [0, 0.1) is 0 Å². The van der Waals surface area contributed by atoms with Gasteiger partial charge in [0.05, 0.1) is 16.6 Å². The van der Waals surface area contributed by atoms with Crippen molar-refractivity contribution >= 4 is 43.4 Å². The van der Waals surface area contributed by atoms with Crippen molar-refractivity contribution in [2.75, 3.05) is 32.1 Å². The second-order valence-corrected chi connectivity index (χ2v) is 8.49. The normalized spacial score (nSPS) is 11.4. The Morgan fingerprint density at radius 2 is 1.69 bits per heavy atom. The number of fused-ring (bicyclic) bond motifs is 2. The third-order valence-electron chi connectivity index (χ3n) is 5.02. The molecule has 3 aromatic carbocycles. The standard InChI is InChI=1S/C24H25N3OS/c1-26(2)15-8-16-27(24-25-21-13-5-6-14-22(21)29-24)23(28)17-19-11-7-10-18-9-3-4-12-20(18)19/h3-7,9-14H,8,15-17H2,1-2H3. The summed E-state index contributed by atoms with van der Waals surface area (Å²) in [5.41, 5.74) is 2.01. The van der Waals surface area contributed by atoms with E-state index in [1.54, 1.807) is 11.3 Å². The molecule has 0 saturated heterocycles. The lowest BCUT2D eigenvalue weighted by Gasteiger charge is -2.21. The topological polar surface area (TPSA) is 36.4 Å². The molecule has 1 amide bonds. The number of benzene rings is 3. The Bertz CT molecular complexity index is 1100. The van der Waals surface area contributed by atoms with E-state index in [-0.39, 0.29) is 5.91 Å². The molecule has 0 aliphatic carbocycles. The molecule has 148 valence electrons. The number of carbonyl (C=O) groups excluding carboxylic acids is 1. The first-order chi connectivity index (χ1) is 14.1. The Morgan fingerprint density at radius 3 is 2.52 bits per heavy atom. The van der Waals surface area contributed by atoms with Crippen molar-refractivity contribution in [1.29, 1.82) is 0 Å². The number of anilines is 1. The summed E-state index contributed by atoms with van der Waals surface area (Å²) < 4.78 is 1.11. The maximum atomic E-state index is 13.4. The summed E-state index contributed by atoms with van der Waals surface area (Å²) in [7, 11) is 4.11. The minimum absolute atomic E-state index is 0.0964. The Kier molecular flexibility index (Phi) is 5.88. The van der Waals surface area contributed by atoms with Crippen LogP contribution in [0.15, 0.2) is 66.7 Å². The Morgan fingerprint density at radius 1 is 0.931 bits per heavy atom. The summed E-state index contributed by atoms with van der Waals surface area (Å²) in [6, 6.07) is 22.5. The van der Waals surface area contributed by atoms with Crippen LogP contribution in [0.2, 0.25) is 0 Å². The minimum atomic E-state index is 0.0964. The number of aromatic nitrogens is 1. The van der Waals surface area contributed by atoms with Crippen LogP contribution in [-0.2, 0) is 11.2 Å². The van der Waals surface area contributed by atoms with Gasteiger partial charge >= 0.3 is 0 Å². The summed E-state index contributed by atoms with van der Waals surface area (Å²) in [5.74, 6) is 0.0964. The molecule has 4 nitrogen and oxygen atoms in total. The molecule has 0 bridgehead atoms. The van der Waals surface area contributed by atoms with Gasteiger partial charge in [-0.05, 0) is 55.5 Å². The quantitative estimate of drug-likeness (QED) is 0.437. The van der Waals surface area contributed by atoms with Crippen molar-refractivity contribution < 1.29 is 4.79 Å². The average molecular weight is 404 g/mol. The number of hydrogen-bond acceptors (Lipinski definition) is 4. The first-order valence-electron chi connectivity index (χ1n) is 9.89. The van der Waals surface area contributed by atoms with Gasteiger partial charge in [-0.25, -0.2) is 4.98 Å². The largest absolute Gasteiger partial charge is 0.309 e. The smallest absolute Gasteiger partial charge is 0.233 e. The predicted molar refractivity (Wildman–Crippen MR) is 123 cm³/mol. The number of rotatable bonds is 7. The lowest BCUT2D eigenvalue weighted by Crippen LogP contribution is -2.34. The molecule has 0 atom stereocenters. The van der Waals surface area contributed by atoms with Crippen LogP contribution in [0.25, 0.3) is 21.0 Å². The van der Waals surface area contributed by atoms with Gasteiger partial charge in [0.2, 0.25) is 5.91 Å². The van der Waals surface area contributed by atoms with Crippen molar-refractivity contribution in [3.8, 4) is 0 Å². The highest BCUT2D eigenvalue weighted by Gasteiger charge is 2.20. The molecule has 4 rings (SSSR count). The summed E-state index contributed by atoms with van der Waals surface area (Å²) in [4.78, 5) is 22.1. The van der Waals surface area contributed by atoms with Gasteiger partial charge in [0, 0.05) is 6.54 Å². The fraction of sp³-hybridized carbons (Fsp3) is 0.250. The Labute approximate surface area is 175 Å². The van der Waals surface area contributed by atoms with Crippen LogP contribution in [-0.4, -0.2) is 43.0 Å². The molecule has 0 aliphatic heterocycles. The maximum absolute atomic E-state index is 13.4. The fourth-order valence-corrected chi connectivity index (χ4v) is 4.56. The summed E-state index contributed by atoms with van der Waals surface area (Å²) in [6.07, 6.45) is 1.28. The molecule has 0 saturated carbocycles. The fourth-order valence-electron chi connectivity index (χ4n) is 3.55. The number of para-hydroxylation sites is 1. The van der Waals surface area contributed by atoms with Crippen LogP contribution in [0.4, 0.5) is 5.13 Å². The van der Waals surface area contributed by atoms with E-state index in [4.69, 9.17) is 4.98 Å². The van der Waals surface area contributed by atoms with Crippen molar-refractivity contribution in [3.05, 3.63) is 72.3 Å². The van der Waals surface area contributed by atoms with Gasteiger partial charge in [0.25, 0.3) is 0 Å². The molecule has 1 aromatic heterocycles. The maximum Gasteiger partial charge on any atom is 0.233 e. The van der Waals surface area contributed by atoms with Crippen LogP contribution < -0.4 is 4.90 Å². The van der Waals surface area contributed by atoms with E-state index < -0.39 is 0 Å². The van der Waals surface area contributed by atoms with Crippen molar-refractivity contribution in [1.82, 2.24) is 9.88 Å². The van der Waals surface area contributed by atoms with E-state index in [0.717, 1.165) is 44.6 Å². The van der Waals surface area contributed by atoms with Gasteiger partial charge in [-0.15, -0.1) is 0 Å². The van der Waals surface area contributed by atoms with E-state index in [0.29, 0.717) is 13.0 Å². The van der Waals surface area contributed by atoms with Crippen molar-refractivity contribution in [2.24, 2.45) is 0 Å². The molecule has 0 fully saturated rings. The van der Waals surface area contributed by atoms with Crippen LogP contribution in [0.3, 0.4) is 0 Å². The molecule has 0 radical (unpaired) electrons. The zero-order chi connectivity index (χ0) is 20.2. The number of nitrogens with zero attached hydrogens (tertiary/aromatic N) is 3. The van der Waals surface area contributed by atoms with Gasteiger partial charge in [-0.3, -0.25) is 9.69 Å². The molecule has 4 aromatic rings. The molecular weight excluding hydrogens is 378 g/mol. The zero-order valence-corrected chi connectivity index (χ0v) is 17.7. The second kappa shape index (κ2) is 8.72. The van der Waals surface area contributed by atoms with E-state index in [2.05, 4.69) is 49.3 Å². The van der Waals surface area contributed by atoms with E-state index >= 15 is 0 Å². The molecule has 0 spiro atoms. The molecular formula is C24H25N3OS. The van der Waals surface area contributed by atoms with Gasteiger partial charge in [0.15, 0.2) is 5.13 Å². The van der Waals surface area contributed by atoms with Gasteiger partial charge in [-0.2, -0.15) is 0 Å². The highest BCUT2D eigenvalue weighted by Crippen LogP contribution is 2.29. The molecule has 0 unspecified atom stereocenters. The molecule has 5 heteroatoms. The van der Waals surface area contributed by atoms with Crippen molar-refractivity contribution in [3.63, 3.8) is 0 Å². The minimum Gasteiger partial charge on any atom is -0.309 e. The third-order valence-corrected chi connectivity index (χ3v) is 6.08. The van der Waals surface area contributed by atoms with E-state index in [1.807, 2.05) is 41.3 Å². The first-order valence-corrected chi connectivity index (χ1v) is 10.7. The van der Waals surface area contributed by atoms with E-state index in [9.17, 15) is 4.79 Å². The van der Waals surface area contributed by atoms with Crippen LogP contribution >= 0.6 is 11.3 Å². The molecule has 29 heavy (non-hydrogen) atoms. The van der Waals surface area contributed by atoms with Gasteiger partial charge in [-0.1, -0.05) is 65.9 Å². The lowest BCUT2D eigenvalue weighted by molar-refractivity contribution is -0.118. The highest BCUT2D eigenvalue weighted by atomic mass is 32.1. The lowest BCUT2D eigenvalue weighted by atomic mass is 10.0. The number of hydrogen-bond donors (Lipinski definition) is 0. The molecule has 1 heterocycles. The van der Waals surface area contributed by atoms with Crippen molar-refractivity contribution in [2.45, 2.75) is 12.8 Å². The second-order valence-electron chi connectivity index (χ2n) is 7.48. The predicted octanol–water partition coefficient (Wildman–Crippen LogP) is 4.98. The van der Waals surface area contributed by atoms with Crippen LogP contribution in [0.1, 0.15) is 12.0 Å². The first kappa shape index (κ1) is 19.6. The number of thiazole rings is 1. The summed E-state index contributed by atoms with van der Waals surface area (Å²) in [5, 5.41) is 3.09. The molecule has 0 N–H and O–H groups in total. The van der Waals surface area contributed by atoms with Gasteiger partial charge < -0.3 is 4.90 Å².